The van der Waals surface area contributed by atoms with Gasteiger partial charge < -0.3 is 19.7 Å². The van der Waals surface area contributed by atoms with Gasteiger partial charge in [-0.25, -0.2) is 8.42 Å². The van der Waals surface area contributed by atoms with Crippen molar-refractivity contribution in [3.05, 3.63) is 12.7 Å². The standard InChI is InChI=1S/C15H29N3O5S/c1-7-13(19)16-12(2)10-18(5,6)9-8-14(20)17-15(3,4)11-24(21,22)23/h7,12H,1,8-11H2,2-6H3,(H2-,16,17,19,20,21,22,23). The van der Waals surface area contributed by atoms with Crippen molar-refractivity contribution in [2.24, 2.45) is 0 Å². The largest absolute Gasteiger partial charge is 0.748 e. The van der Waals surface area contributed by atoms with Crippen LogP contribution in [0.2, 0.25) is 0 Å². The molecule has 0 saturated heterocycles. The fourth-order valence-corrected chi connectivity index (χ4v) is 3.46. The molecule has 2 amide bonds. The molecule has 0 aromatic heterocycles. The van der Waals surface area contributed by atoms with E-state index in [0.29, 0.717) is 17.6 Å². The van der Waals surface area contributed by atoms with Crippen LogP contribution in [0.5, 0.6) is 0 Å². The third-order valence-corrected chi connectivity index (χ3v) is 4.38. The lowest BCUT2D eigenvalue weighted by molar-refractivity contribution is -0.890. The second-order valence-electron chi connectivity index (χ2n) is 7.34. The lowest BCUT2D eigenvalue weighted by Crippen LogP contribution is -2.52. The third-order valence-electron chi connectivity index (χ3n) is 3.30. The smallest absolute Gasteiger partial charge is 0.243 e. The van der Waals surface area contributed by atoms with E-state index in [0.717, 1.165) is 0 Å². The van der Waals surface area contributed by atoms with Crippen LogP contribution in [0.25, 0.3) is 0 Å². The van der Waals surface area contributed by atoms with Crippen molar-refractivity contribution in [3.8, 4) is 0 Å². The highest BCUT2D eigenvalue weighted by Gasteiger charge is 2.26. The number of hydrogen-bond donors (Lipinski definition) is 2. The highest BCUT2D eigenvalue weighted by atomic mass is 32.2. The first kappa shape index (κ1) is 22.6. The predicted molar refractivity (Wildman–Crippen MR) is 91.0 cm³/mol. The highest BCUT2D eigenvalue weighted by molar-refractivity contribution is 7.85. The van der Waals surface area contributed by atoms with Crippen LogP contribution in [0, 0.1) is 0 Å². The minimum absolute atomic E-state index is 0.0874. The minimum Gasteiger partial charge on any atom is -0.748 e. The van der Waals surface area contributed by atoms with E-state index >= 15 is 0 Å². The first-order valence-corrected chi connectivity index (χ1v) is 9.23. The second-order valence-corrected chi connectivity index (χ2v) is 8.74. The molecule has 0 aliphatic heterocycles. The molecule has 0 fully saturated rings. The van der Waals surface area contributed by atoms with Crippen LogP contribution in [0.15, 0.2) is 12.7 Å². The Bertz CT molecular complexity index is 570. The molecule has 8 nitrogen and oxygen atoms in total. The molecule has 9 heteroatoms. The molecule has 1 atom stereocenters. The van der Waals surface area contributed by atoms with Gasteiger partial charge in [-0.1, -0.05) is 6.58 Å². The number of amides is 2. The topological polar surface area (TPSA) is 115 Å². The number of hydrogen-bond acceptors (Lipinski definition) is 5. The van der Waals surface area contributed by atoms with Gasteiger partial charge in [0.25, 0.3) is 0 Å². The zero-order valence-corrected chi connectivity index (χ0v) is 15.9. The summed E-state index contributed by atoms with van der Waals surface area (Å²) in [6.07, 6.45) is 1.38. The van der Waals surface area contributed by atoms with E-state index in [1.165, 1.54) is 19.9 Å². The number of likely N-dealkylation sites (N-methyl/N-ethyl adjacent to an activating group) is 1. The van der Waals surface area contributed by atoms with Crippen molar-refractivity contribution in [2.45, 2.75) is 38.8 Å². The molecule has 0 aliphatic rings. The average Bonchev–Trinajstić information content (AvgIpc) is 2.31. The van der Waals surface area contributed by atoms with Gasteiger partial charge in [0.05, 0.1) is 55.5 Å². The van der Waals surface area contributed by atoms with E-state index in [4.69, 9.17) is 0 Å². The molecule has 0 bridgehead atoms. The maximum Gasteiger partial charge on any atom is 0.243 e. The summed E-state index contributed by atoms with van der Waals surface area (Å²) in [5.74, 6) is -1.23. The predicted octanol–water partition coefficient (Wildman–Crippen LogP) is -0.416. The van der Waals surface area contributed by atoms with E-state index in [1.807, 2.05) is 21.0 Å². The molecule has 1 unspecified atom stereocenters. The molecular formula is C15H29N3O5S. The summed E-state index contributed by atoms with van der Waals surface area (Å²) in [7, 11) is -0.562. The molecule has 2 N–H and O–H groups in total. The Morgan fingerprint density at radius 2 is 1.88 bits per heavy atom. The van der Waals surface area contributed by atoms with Crippen molar-refractivity contribution in [1.29, 1.82) is 0 Å². The fourth-order valence-electron chi connectivity index (χ4n) is 2.50. The van der Waals surface area contributed by atoms with Gasteiger partial charge in [-0.2, -0.15) is 0 Å². The Morgan fingerprint density at radius 1 is 1.33 bits per heavy atom. The van der Waals surface area contributed by atoms with Gasteiger partial charge in [0, 0.05) is 5.54 Å². The average molecular weight is 363 g/mol. The summed E-state index contributed by atoms with van der Waals surface area (Å²) in [4.78, 5) is 23.3. The van der Waals surface area contributed by atoms with Gasteiger partial charge in [0.2, 0.25) is 11.8 Å². The van der Waals surface area contributed by atoms with Crippen molar-refractivity contribution in [3.63, 3.8) is 0 Å². The van der Waals surface area contributed by atoms with Crippen LogP contribution >= 0.6 is 0 Å². The molecule has 0 heterocycles. The molecule has 24 heavy (non-hydrogen) atoms. The molecule has 0 rings (SSSR count). The van der Waals surface area contributed by atoms with Gasteiger partial charge in [-0.3, -0.25) is 9.59 Å². The summed E-state index contributed by atoms with van der Waals surface area (Å²) < 4.78 is 33.0. The maximum atomic E-state index is 12.0. The van der Waals surface area contributed by atoms with Crippen LogP contribution in [0.1, 0.15) is 27.2 Å². The first-order chi connectivity index (χ1) is 10.7. The molecule has 0 aliphatic carbocycles. The Balaban J connectivity index is 4.47. The van der Waals surface area contributed by atoms with Gasteiger partial charge >= 0.3 is 0 Å². The summed E-state index contributed by atoms with van der Waals surface area (Å²) in [5, 5.41) is 5.33. The molecule has 0 aromatic carbocycles. The number of carbonyl (C=O) groups is 2. The van der Waals surface area contributed by atoms with Crippen molar-refractivity contribution in [1.82, 2.24) is 10.6 Å². The number of nitrogens with zero attached hydrogens (tertiary/aromatic N) is 1. The zero-order chi connectivity index (χ0) is 19.2. The van der Waals surface area contributed by atoms with Gasteiger partial charge in [-0.05, 0) is 26.8 Å². The van der Waals surface area contributed by atoms with Gasteiger partial charge in [-0.15, -0.1) is 0 Å². The molecule has 0 saturated carbocycles. The highest BCUT2D eigenvalue weighted by Crippen LogP contribution is 2.08. The maximum absolute atomic E-state index is 12.0. The van der Waals surface area contributed by atoms with Crippen LogP contribution in [0.4, 0.5) is 0 Å². The van der Waals surface area contributed by atoms with E-state index < -0.39 is 21.4 Å². The number of carbonyl (C=O) groups excluding carboxylic acids is 2. The van der Waals surface area contributed by atoms with Gasteiger partial charge in [0.15, 0.2) is 0 Å². The van der Waals surface area contributed by atoms with E-state index in [9.17, 15) is 22.6 Å². The Kier molecular flexibility index (Phi) is 8.07. The van der Waals surface area contributed by atoms with Gasteiger partial charge in [0.1, 0.15) is 0 Å². The van der Waals surface area contributed by atoms with Crippen LogP contribution < -0.4 is 10.6 Å². The normalized spacial score (nSPS) is 13.9. The molecule has 0 radical (unpaired) electrons. The Labute approximate surface area is 144 Å². The second kappa shape index (κ2) is 8.59. The van der Waals surface area contributed by atoms with E-state index in [1.54, 1.807) is 0 Å². The number of rotatable bonds is 10. The summed E-state index contributed by atoms with van der Waals surface area (Å²) in [6, 6.07) is -0.0874. The lowest BCUT2D eigenvalue weighted by atomic mass is 10.1. The van der Waals surface area contributed by atoms with Crippen molar-refractivity contribution >= 4 is 21.9 Å². The Morgan fingerprint density at radius 3 is 2.33 bits per heavy atom. The third kappa shape index (κ3) is 11.1. The first-order valence-electron chi connectivity index (χ1n) is 7.65. The Hall–Kier alpha value is -1.45. The number of nitrogens with one attached hydrogen (secondary N) is 2. The fraction of sp³-hybridized carbons (Fsp3) is 0.733. The summed E-state index contributed by atoms with van der Waals surface area (Å²) in [5.41, 5.74) is -1.11. The SMILES string of the molecule is C=CC(=O)NC(C)C[N+](C)(C)CCC(=O)NC(C)(C)CS(=O)(=O)[O-]. The quantitative estimate of drug-likeness (QED) is 0.311. The molecule has 140 valence electrons. The molecule has 0 spiro atoms. The van der Waals surface area contributed by atoms with Crippen molar-refractivity contribution in [2.75, 3.05) is 32.9 Å². The zero-order valence-electron chi connectivity index (χ0n) is 15.1. The lowest BCUT2D eigenvalue weighted by Gasteiger charge is -2.33. The molecular weight excluding hydrogens is 334 g/mol. The van der Waals surface area contributed by atoms with Crippen LogP contribution in [0.3, 0.4) is 0 Å². The van der Waals surface area contributed by atoms with E-state index in [2.05, 4.69) is 17.2 Å². The van der Waals surface area contributed by atoms with Crippen LogP contribution in [-0.2, 0) is 19.7 Å². The van der Waals surface area contributed by atoms with Crippen LogP contribution in [-0.4, -0.2) is 73.8 Å². The van der Waals surface area contributed by atoms with E-state index in [-0.39, 0.29) is 24.3 Å². The summed E-state index contributed by atoms with van der Waals surface area (Å²) >= 11 is 0. The monoisotopic (exact) mass is 363 g/mol. The number of quaternary nitrogens is 1. The minimum atomic E-state index is -4.42. The molecule has 0 aromatic rings. The van der Waals surface area contributed by atoms with Crippen molar-refractivity contribution < 1.29 is 27.0 Å². The summed E-state index contributed by atoms with van der Waals surface area (Å²) in [6.45, 7) is 9.36.